The standard InChI is InChI=1S/C30H36N6O/c1-3-24(22-12-6-4-7-13-22)29(37)35-19-18-34(20-21(35)2)30-31-26-17-11-10-16-25(26)28-33-32-27(36(28)30)23-14-8-5-9-15-23/h4,6-7,10-13,16-17,21,23-24H,3,5,8-9,14-15,18-20H2,1-2H3/t21-,24-/m0/s1. The summed E-state index contributed by atoms with van der Waals surface area (Å²) in [5.74, 6) is 2.50. The van der Waals surface area contributed by atoms with Gasteiger partial charge in [-0.15, -0.1) is 10.2 Å². The summed E-state index contributed by atoms with van der Waals surface area (Å²) in [6.45, 7) is 6.42. The highest BCUT2D eigenvalue weighted by atomic mass is 16.2. The Kier molecular flexibility index (Phi) is 6.53. The van der Waals surface area contributed by atoms with Crippen molar-refractivity contribution in [3.05, 3.63) is 66.0 Å². The lowest BCUT2D eigenvalue weighted by Gasteiger charge is -2.42. The fraction of sp³-hybridized carbons (Fsp3) is 0.467. The number of amides is 1. The molecule has 0 spiro atoms. The number of fused-ring (bicyclic) bond motifs is 3. The van der Waals surface area contributed by atoms with E-state index in [0.717, 1.165) is 66.2 Å². The number of para-hydroxylation sites is 1. The maximum atomic E-state index is 13.7. The molecule has 6 rings (SSSR count). The number of rotatable bonds is 5. The zero-order valence-electron chi connectivity index (χ0n) is 21.9. The molecule has 2 aromatic heterocycles. The Balaban J connectivity index is 1.33. The van der Waals surface area contributed by atoms with Gasteiger partial charge in [0.1, 0.15) is 5.82 Å². The zero-order chi connectivity index (χ0) is 25.4. The van der Waals surface area contributed by atoms with Crippen molar-refractivity contribution in [3.63, 3.8) is 0 Å². The van der Waals surface area contributed by atoms with E-state index in [4.69, 9.17) is 10.1 Å². The Morgan fingerprint density at radius 2 is 1.73 bits per heavy atom. The van der Waals surface area contributed by atoms with E-state index in [0.29, 0.717) is 12.5 Å². The fourth-order valence-corrected chi connectivity index (χ4v) is 6.33. The van der Waals surface area contributed by atoms with Crippen LogP contribution in [-0.4, -0.2) is 56.1 Å². The summed E-state index contributed by atoms with van der Waals surface area (Å²) >= 11 is 0. The quantitative estimate of drug-likeness (QED) is 0.362. The summed E-state index contributed by atoms with van der Waals surface area (Å²) in [5.41, 5.74) is 2.93. The second kappa shape index (κ2) is 10.1. The number of anilines is 1. The number of benzene rings is 2. The molecule has 0 radical (unpaired) electrons. The van der Waals surface area contributed by atoms with Gasteiger partial charge in [0.25, 0.3) is 0 Å². The largest absolute Gasteiger partial charge is 0.338 e. The van der Waals surface area contributed by atoms with Gasteiger partial charge in [0.05, 0.1) is 11.4 Å². The summed E-state index contributed by atoms with van der Waals surface area (Å²) in [6.07, 6.45) is 6.90. The molecule has 7 nitrogen and oxygen atoms in total. The highest BCUT2D eigenvalue weighted by Gasteiger charge is 2.34. The van der Waals surface area contributed by atoms with Gasteiger partial charge in [0.15, 0.2) is 5.65 Å². The molecule has 0 N–H and O–H groups in total. The van der Waals surface area contributed by atoms with Gasteiger partial charge in [0, 0.05) is 37.0 Å². The topological polar surface area (TPSA) is 66.6 Å². The van der Waals surface area contributed by atoms with Crippen LogP contribution in [0.15, 0.2) is 54.6 Å². The second-order valence-electron chi connectivity index (χ2n) is 10.7. The highest BCUT2D eigenvalue weighted by molar-refractivity contribution is 5.92. The van der Waals surface area contributed by atoms with Crippen LogP contribution < -0.4 is 4.90 Å². The van der Waals surface area contributed by atoms with Gasteiger partial charge in [0.2, 0.25) is 11.9 Å². The minimum atomic E-state index is -0.101. The van der Waals surface area contributed by atoms with Gasteiger partial charge in [-0.05, 0) is 43.9 Å². The van der Waals surface area contributed by atoms with Gasteiger partial charge < -0.3 is 9.80 Å². The number of carbonyl (C=O) groups excluding carboxylic acids is 1. The van der Waals surface area contributed by atoms with Crippen LogP contribution in [0.3, 0.4) is 0 Å². The molecular formula is C30H36N6O. The van der Waals surface area contributed by atoms with Crippen LogP contribution in [0.4, 0.5) is 5.95 Å². The Morgan fingerprint density at radius 1 is 0.973 bits per heavy atom. The third-order valence-corrected chi connectivity index (χ3v) is 8.33. The first-order chi connectivity index (χ1) is 18.2. The number of piperazine rings is 1. The third kappa shape index (κ3) is 4.34. The maximum Gasteiger partial charge on any atom is 0.230 e. The van der Waals surface area contributed by atoms with Gasteiger partial charge in [-0.2, -0.15) is 0 Å². The molecule has 1 saturated carbocycles. The van der Waals surface area contributed by atoms with Crippen molar-refractivity contribution < 1.29 is 4.79 Å². The fourth-order valence-electron chi connectivity index (χ4n) is 6.33. The first-order valence-electron chi connectivity index (χ1n) is 13.9. The molecule has 0 unspecified atom stereocenters. The third-order valence-electron chi connectivity index (χ3n) is 8.33. The van der Waals surface area contributed by atoms with Crippen LogP contribution in [0.25, 0.3) is 16.6 Å². The monoisotopic (exact) mass is 496 g/mol. The van der Waals surface area contributed by atoms with Gasteiger partial charge in [-0.25, -0.2) is 9.38 Å². The van der Waals surface area contributed by atoms with E-state index in [-0.39, 0.29) is 17.9 Å². The molecule has 0 bridgehead atoms. The Bertz CT molecular complexity index is 1390. The van der Waals surface area contributed by atoms with Crippen LogP contribution >= 0.6 is 0 Å². The van der Waals surface area contributed by atoms with E-state index in [1.54, 1.807) is 0 Å². The summed E-state index contributed by atoms with van der Waals surface area (Å²) < 4.78 is 2.22. The SMILES string of the molecule is CC[C@H](C(=O)N1CCN(c2nc3ccccc3c3nnc(C4CCCCC4)n23)C[C@@H]1C)c1ccccc1. The molecule has 37 heavy (non-hydrogen) atoms. The van der Waals surface area contributed by atoms with Crippen LogP contribution in [0.2, 0.25) is 0 Å². The number of hydrogen-bond donors (Lipinski definition) is 0. The number of nitrogens with zero attached hydrogens (tertiary/aromatic N) is 6. The van der Waals surface area contributed by atoms with Gasteiger partial charge in [-0.1, -0.05) is 68.7 Å². The maximum absolute atomic E-state index is 13.7. The van der Waals surface area contributed by atoms with Crippen molar-refractivity contribution in [1.29, 1.82) is 0 Å². The summed E-state index contributed by atoms with van der Waals surface area (Å²) in [4.78, 5) is 23.2. The molecule has 2 atom stereocenters. The number of aromatic nitrogens is 4. The summed E-state index contributed by atoms with van der Waals surface area (Å²) in [7, 11) is 0. The molecule has 1 aliphatic carbocycles. The molecule has 1 saturated heterocycles. The first kappa shape index (κ1) is 23.9. The Labute approximate surface area is 218 Å². The smallest absolute Gasteiger partial charge is 0.230 e. The van der Waals surface area contributed by atoms with Gasteiger partial charge >= 0.3 is 0 Å². The minimum Gasteiger partial charge on any atom is -0.338 e. The molecule has 4 aromatic rings. The predicted molar refractivity (Wildman–Crippen MR) is 147 cm³/mol. The minimum absolute atomic E-state index is 0.0805. The lowest BCUT2D eigenvalue weighted by molar-refractivity contribution is -0.135. The molecule has 3 heterocycles. The van der Waals surface area contributed by atoms with Crippen LogP contribution in [0.1, 0.15) is 75.6 Å². The lowest BCUT2D eigenvalue weighted by atomic mass is 9.89. The average molecular weight is 497 g/mol. The molecule has 2 aliphatic rings. The van der Waals surface area contributed by atoms with Crippen molar-refractivity contribution in [2.24, 2.45) is 0 Å². The molecule has 1 amide bonds. The molecule has 7 heteroatoms. The van der Waals surface area contributed by atoms with E-state index in [2.05, 4.69) is 57.4 Å². The van der Waals surface area contributed by atoms with E-state index in [1.165, 1.54) is 19.3 Å². The molecule has 192 valence electrons. The van der Waals surface area contributed by atoms with Crippen LogP contribution in [0.5, 0.6) is 0 Å². The van der Waals surface area contributed by atoms with Crippen molar-refractivity contribution in [2.75, 3.05) is 24.5 Å². The summed E-state index contributed by atoms with van der Waals surface area (Å²) in [6, 6.07) is 18.5. The van der Waals surface area contributed by atoms with E-state index < -0.39 is 0 Å². The van der Waals surface area contributed by atoms with Crippen molar-refractivity contribution in [1.82, 2.24) is 24.5 Å². The Hall–Kier alpha value is -3.48. The van der Waals surface area contributed by atoms with E-state index >= 15 is 0 Å². The molecule has 1 aliphatic heterocycles. The van der Waals surface area contributed by atoms with Crippen molar-refractivity contribution >= 4 is 28.4 Å². The number of carbonyl (C=O) groups is 1. The Morgan fingerprint density at radius 3 is 2.49 bits per heavy atom. The van der Waals surface area contributed by atoms with Crippen molar-refractivity contribution in [2.45, 2.75) is 70.3 Å². The predicted octanol–water partition coefficient (Wildman–Crippen LogP) is 5.56. The zero-order valence-corrected chi connectivity index (χ0v) is 21.9. The van der Waals surface area contributed by atoms with Crippen LogP contribution in [-0.2, 0) is 4.79 Å². The van der Waals surface area contributed by atoms with E-state index in [9.17, 15) is 4.79 Å². The second-order valence-corrected chi connectivity index (χ2v) is 10.7. The highest BCUT2D eigenvalue weighted by Crippen LogP contribution is 2.35. The first-order valence-corrected chi connectivity index (χ1v) is 13.9. The van der Waals surface area contributed by atoms with Crippen LogP contribution in [0, 0.1) is 0 Å². The lowest BCUT2D eigenvalue weighted by Crippen LogP contribution is -2.55. The molecule has 2 aromatic carbocycles. The molecule has 2 fully saturated rings. The van der Waals surface area contributed by atoms with Gasteiger partial charge in [-0.3, -0.25) is 4.79 Å². The summed E-state index contributed by atoms with van der Waals surface area (Å²) in [5, 5.41) is 10.5. The normalized spacial score (nSPS) is 20.0. The number of hydrogen-bond acceptors (Lipinski definition) is 5. The molecular weight excluding hydrogens is 460 g/mol. The average Bonchev–Trinajstić information content (AvgIpc) is 3.40. The van der Waals surface area contributed by atoms with Crippen molar-refractivity contribution in [3.8, 4) is 0 Å². The van der Waals surface area contributed by atoms with E-state index in [1.807, 2.05) is 30.3 Å².